The Morgan fingerprint density at radius 2 is 1.64 bits per heavy atom. The second-order valence-electron chi connectivity index (χ2n) is 7.58. The molecule has 1 aliphatic heterocycles. The summed E-state index contributed by atoms with van der Waals surface area (Å²) in [7, 11) is 0. The Balaban J connectivity index is 1.57. The molecule has 25 heavy (non-hydrogen) atoms. The van der Waals surface area contributed by atoms with Crippen LogP contribution in [-0.4, -0.2) is 24.5 Å². The van der Waals surface area contributed by atoms with Crippen LogP contribution in [0.5, 0.6) is 0 Å². The van der Waals surface area contributed by atoms with Crippen molar-refractivity contribution in [3.63, 3.8) is 0 Å². The molecule has 2 bridgehead atoms. The molecular weight excluding hydrogens is 326 g/mol. The summed E-state index contributed by atoms with van der Waals surface area (Å²) in [5.74, 6) is 1.92. The van der Waals surface area contributed by atoms with Gasteiger partial charge < -0.3 is 0 Å². The van der Waals surface area contributed by atoms with Gasteiger partial charge in [-0.3, -0.25) is 4.90 Å². The van der Waals surface area contributed by atoms with Crippen LogP contribution in [0.3, 0.4) is 0 Å². The molecule has 2 aliphatic rings. The van der Waals surface area contributed by atoms with E-state index >= 15 is 0 Å². The van der Waals surface area contributed by atoms with Gasteiger partial charge in [0.2, 0.25) is 0 Å². The summed E-state index contributed by atoms with van der Waals surface area (Å²) in [6.07, 6.45) is 8.16. The van der Waals surface area contributed by atoms with Gasteiger partial charge in [-0.1, -0.05) is 66.6 Å². The van der Waals surface area contributed by atoms with Gasteiger partial charge in [0.25, 0.3) is 0 Å². The first kappa shape index (κ1) is 16.9. The molecular formula is C23H26ClN. The number of fused-ring (bicyclic) bond motifs is 2. The van der Waals surface area contributed by atoms with Crippen molar-refractivity contribution >= 4 is 17.2 Å². The number of nitrogens with zero attached hydrogens (tertiary/aromatic N) is 1. The van der Waals surface area contributed by atoms with E-state index in [1.165, 1.54) is 55.5 Å². The zero-order chi connectivity index (χ0) is 17.1. The molecule has 0 spiro atoms. The van der Waals surface area contributed by atoms with Gasteiger partial charge in [-0.15, -0.1) is 0 Å². The molecule has 2 heteroatoms. The topological polar surface area (TPSA) is 3.24 Å². The molecule has 2 aromatic rings. The molecule has 0 N–H and O–H groups in total. The van der Waals surface area contributed by atoms with Gasteiger partial charge in [0, 0.05) is 18.1 Å². The monoisotopic (exact) mass is 351 g/mol. The Morgan fingerprint density at radius 3 is 2.44 bits per heavy atom. The Bertz CT molecular complexity index is 720. The minimum Gasteiger partial charge on any atom is -0.299 e. The molecule has 2 aromatic carbocycles. The molecule has 1 saturated heterocycles. The van der Waals surface area contributed by atoms with E-state index in [9.17, 15) is 0 Å². The lowest BCUT2D eigenvalue weighted by Gasteiger charge is -2.23. The van der Waals surface area contributed by atoms with E-state index in [2.05, 4.69) is 53.4 Å². The first-order chi connectivity index (χ1) is 12.3. The highest BCUT2D eigenvalue weighted by Crippen LogP contribution is 2.36. The Morgan fingerprint density at radius 1 is 0.920 bits per heavy atom. The van der Waals surface area contributed by atoms with Crippen molar-refractivity contribution in [2.24, 2.45) is 11.8 Å². The van der Waals surface area contributed by atoms with Crippen LogP contribution in [0.2, 0.25) is 5.02 Å². The van der Waals surface area contributed by atoms with Crippen LogP contribution >= 0.6 is 11.6 Å². The van der Waals surface area contributed by atoms with Crippen molar-refractivity contribution in [3.05, 3.63) is 76.8 Å². The largest absolute Gasteiger partial charge is 0.299 e. The first-order valence-electron chi connectivity index (χ1n) is 9.52. The van der Waals surface area contributed by atoms with Crippen LogP contribution in [0.1, 0.15) is 36.8 Å². The van der Waals surface area contributed by atoms with Crippen LogP contribution in [-0.2, 0) is 0 Å². The van der Waals surface area contributed by atoms with E-state index in [0.717, 1.165) is 23.4 Å². The fraction of sp³-hybridized carbons (Fsp3) is 0.391. The molecule has 1 nitrogen and oxygen atoms in total. The summed E-state index contributed by atoms with van der Waals surface area (Å²) < 4.78 is 0. The molecule has 1 aliphatic carbocycles. The Labute approximate surface area is 156 Å². The maximum absolute atomic E-state index is 6.09. The second-order valence-corrected chi connectivity index (χ2v) is 8.02. The van der Waals surface area contributed by atoms with Crippen LogP contribution < -0.4 is 0 Å². The van der Waals surface area contributed by atoms with Crippen molar-refractivity contribution < 1.29 is 0 Å². The normalized spacial score (nSPS) is 24.3. The predicted octanol–water partition coefficient (Wildman–Crippen LogP) is 5.89. The third-order valence-electron chi connectivity index (χ3n) is 5.81. The van der Waals surface area contributed by atoms with Crippen molar-refractivity contribution in [1.29, 1.82) is 0 Å². The van der Waals surface area contributed by atoms with E-state index in [4.69, 9.17) is 11.6 Å². The molecule has 0 amide bonds. The van der Waals surface area contributed by atoms with E-state index in [1.807, 2.05) is 12.1 Å². The van der Waals surface area contributed by atoms with Crippen LogP contribution in [0.15, 0.2) is 60.7 Å². The lowest BCUT2D eigenvalue weighted by molar-refractivity contribution is 0.260. The molecule has 1 heterocycles. The maximum Gasteiger partial charge on any atom is 0.0406 e. The summed E-state index contributed by atoms with van der Waals surface area (Å²) in [5.41, 5.74) is 3.83. The summed E-state index contributed by atoms with van der Waals surface area (Å²) in [4.78, 5) is 2.66. The molecule has 1 saturated carbocycles. The standard InChI is InChI=1S/C23H26ClN/c24-22-10-8-21(9-11-22)23(20-4-2-1-3-5-20)13-15-25-14-12-18-6-7-19(16-18)17-25/h1-5,8-11,13,18-19H,6-7,12,14-17H2/b23-13+. The minimum absolute atomic E-state index is 0.791. The summed E-state index contributed by atoms with van der Waals surface area (Å²) >= 11 is 6.09. The van der Waals surface area contributed by atoms with Crippen molar-refractivity contribution in [2.45, 2.75) is 25.7 Å². The fourth-order valence-electron chi connectivity index (χ4n) is 4.46. The van der Waals surface area contributed by atoms with Crippen molar-refractivity contribution in [2.75, 3.05) is 19.6 Å². The van der Waals surface area contributed by atoms with Crippen LogP contribution in [0.25, 0.3) is 5.57 Å². The van der Waals surface area contributed by atoms with Gasteiger partial charge in [-0.2, -0.15) is 0 Å². The number of halogens is 1. The Kier molecular flexibility index (Phi) is 5.24. The highest BCUT2D eigenvalue weighted by Gasteiger charge is 2.29. The highest BCUT2D eigenvalue weighted by molar-refractivity contribution is 6.30. The third kappa shape index (κ3) is 4.16. The molecule has 130 valence electrons. The quantitative estimate of drug-likeness (QED) is 0.663. The van der Waals surface area contributed by atoms with Gasteiger partial charge in [-0.25, -0.2) is 0 Å². The highest BCUT2D eigenvalue weighted by atomic mass is 35.5. The first-order valence-corrected chi connectivity index (χ1v) is 9.89. The average molecular weight is 352 g/mol. The zero-order valence-corrected chi connectivity index (χ0v) is 15.5. The second kappa shape index (κ2) is 7.76. The van der Waals surface area contributed by atoms with Gasteiger partial charge in [-0.05, 0) is 66.5 Å². The van der Waals surface area contributed by atoms with Gasteiger partial charge in [0.05, 0.1) is 0 Å². The van der Waals surface area contributed by atoms with E-state index in [-0.39, 0.29) is 0 Å². The summed E-state index contributed by atoms with van der Waals surface area (Å²) in [5, 5.41) is 0.791. The summed E-state index contributed by atoms with van der Waals surface area (Å²) in [6.45, 7) is 3.56. The number of hydrogen-bond acceptors (Lipinski definition) is 1. The van der Waals surface area contributed by atoms with Gasteiger partial charge >= 0.3 is 0 Å². The maximum atomic E-state index is 6.09. The smallest absolute Gasteiger partial charge is 0.0406 e. The number of rotatable bonds is 4. The predicted molar refractivity (Wildman–Crippen MR) is 107 cm³/mol. The number of likely N-dealkylation sites (tertiary alicyclic amines) is 1. The van der Waals surface area contributed by atoms with Crippen LogP contribution in [0, 0.1) is 11.8 Å². The van der Waals surface area contributed by atoms with Crippen molar-refractivity contribution in [3.8, 4) is 0 Å². The lowest BCUT2D eigenvalue weighted by Crippen LogP contribution is -2.29. The SMILES string of the molecule is Clc1ccc(/C(=C/CN2CCC3CCC(C3)C2)c2ccccc2)cc1. The van der Waals surface area contributed by atoms with Gasteiger partial charge in [0.1, 0.15) is 0 Å². The lowest BCUT2D eigenvalue weighted by atomic mass is 9.97. The molecule has 0 radical (unpaired) electrons. The van der Waals surface area contributed by atoms with Crippen molar-refractivity contribution in [1.82, 2.24) is 4.90 Å². The third-order valence-corrected chi connectivity index (χ3v) is 6.07. The summed E-state index contributed by atoms with van der Waals surface area (Å²) in [6, 6.07) is 18.9. The minimum atomic E-state index is 0.791. The molecule has 0 aromatic heterocycles. The van der Waals surface area contributed by atoms with Crippen LogP contribution in [0.4, 0.5) is 0 Å². The number of benzene rings is 2. The average Bonchev–Trinajstić information content (AvgIpc) is 2.98. The van der Waals surface area contributed by atoms with Gasteiger partial charge in [0.15, 0.2) is 0 Å². The molecule has 2 unspecified atom stereocenters. The Hall–Kier alpha value is -1.57. The van der Waals surface area contributed by atoms with E-state index in [1.54, 1.807) is 0 Å². The molecule has 4 rings (SSSR count). The fourth-order valence-corrected chi connectivity index (χ4v) is 4.59. The number of hydrogen-bond donors (Lipinski definition) is 0. The molecule has 2 fully saturated rings. The zero-order valence-electron chi connectivity index (χ0n) is 14.7. The van der Waals surface area contributed by atoms with E-state index in [0.29, 0.717) is 0 Å². The molecule has 2 atom stereocenters. The van der Waals surface area contributed by atoms with E-state index < -0.39 is 0 Å².